The molecule has 1 aromatic rings. The second kappa shape index (κ2) is 4.61. The average molecular weight is 252 g/mol. The van der Waals surface area contributed by atoms with Gasteiger partial charge in [-0.3, -0.25) is 0 Å². The second-order valence-corrected chi connectivity index (χ2v) is 5.06. The molecule has 18 heavy (non-hydrogen) atoms. The van der Waals surface area contributed by atoms with Gasteiger partial charge in [0.05, 0.1) is 37.9 Å². The number of ether oxygens (including phenoxy) is 3. The first-order valence-corrected chi connectivity index (χ1v) is 6.21. The molecule has 98 valence electrons. The van der Waals surface area contributed by atoms with Gasteiger partial charge in [-0.1, -0.05) is 18.2 Å². The Morgan fingerprint density at radius 3 is 3.00 bits per heavy atom. The van der Waals surface area contributed by atoms with Crippen molar-refractivity contribution in [1.29, 1.82) is 0 Å². The zero-order valence-electron chi connectivity index (χ0n) is 10.4. The van der Waals surface area contributed by atoms with E-state index in [-0.39, 0.29) is 23.3 Å². The fourth-order valence-electron chi connectivity index (χ4n) is 3.17. The summed E-state index contributed by atoms with van der Waals surface area (Å²) in [7, 11) is 1.66. The summed E-state index contributed by atoms with van der Waals surface area (Å²) < 4.78 is 30.6. The monoisotopic (exact) mass is 252 g/mol. The number of benzene rings is 1. The zero-order valence-corrected chi connectivity index (χ0v) is 10.4. The third-order valence-electron chi connectivity index (χ3n) is 4.11. The van der Waals surface area contributed by atoms with Gasteiger partial charge in [-0.2, -0.15) is 0 Å². The van der Waals surface area contributed by atoms with E-state index in [1.165, 1.54) is 6.07 Å². The van der Waals surface area contributed by atoms with Crippen LogP contribution in [0, 0.1) is 11.7 Å². The van der Waals surface area contributed by atoms with E-state index >= 15 is 0 Å². The van der Waals surface area contributed by atoms with Crippen molar-refractivity contribution in [3.8, 4) is 0 Å². The normalized spacial score (nSPS) is 34.8. The van der Waals surface area contributed by atoms with Gasteiger partial charge in [0.25, 0.3) is 0 Å². The molecule has 4 heteroatoms. The van der Waals surface area contributed by atoms with E-state index in [1.807, 2.05) is 12.1 Å². The van der Waals surface area contributed by atoms with Crippen LogP contribution in [0.1, 0.15) is 5.56 Å². The van der Waals surface area contributed by atoms with Crippen LogP contribution in [0.3, 0.4) is 0 Å². The highest BCUT2D eigenvalue weighted by Crippen LogP contribution is 2.46. The molecule has 2 saturated heterocycles. The van der Waals surface area contributed by atoms with Gasteiger partial charge in [-0.15, -0.1) is 0 Å². The van der Waals surface area contributed by atoms with Crippen molar-refractivity contribution in [3.63, 3.8) is 0 Å². The molecule has 1 unspecified atom stereocenters. The molecule has 2 aliphatic heterocycles. The van der Waals surface area contributed by atoms with E-state index < -0.39 is 0 Å². The Morgan fingerprint density at radius 1 is 1.39 bits per heavy atom. The Kier molecular flexibility index (Phi) is 3.09. The van der Waals surface area contributed by atoms with Gasteiger partial charge < -0.3 is 14.2 Å². The van der Waals surface area contributed by atoms with Crippen LogP contribution >= 0.6 is 0 Å². The third-order valence-corrected chi connectivity index (χ3v) is 4.11. The zero-order chi connectivity index (χ0) is 12.6. The molecule has 0 aliphatic carbocycles. The minimum absolute atomic E-state index is 0.00268. The number of fused-ring (bicyclic) bond motifs is 1. The molecule has 1 aromatic carbocycles. The highest BCUT2D eigenvalue weighted by molar-refractivity contribution is 5.32. The van der Waals surface area contributed by atoms with Crippen molar-refractivity contribution in [3.05, 3.63) is 35.6 Å². The van der Waals surface area contributed by atoms with E-state index in [1.54, 1.807) is 13.2 Å². The van der Waals surface area contributed by atoms with Crippen LogP contribution in [0.15, 0.2) is 24.3 Å². The molecule has 0 amide bonds. The average Bonchev–Trinajstić information content (AvgIpc) is 2.92. The van der Waals surface area contributed by atoms with Crippen molar-refractivity contribution in [2.45, 2.75) is 11.5 Å². The first-order chi connectivity index (χ1) is 8.78. The molecule has 0 bridgehead atoms. The van der Waals surface area contributed by atoms with Gasteiger partial charge in [0.1, 0.15) is 5.82 Å². The summed E-state index contributed by atoms with van der Waals surface area (Å²) in [5, 5.41) is 0. The molecule has 2 heterocycles. The lowest BCUT2D eigenvalue weighted by Gasteiger charge is -2.27. The maximum atomic E-state index is 14.0. The van der Waals surface area contributed by atoms with Crippen molar-refractivity contribution in [2.75, 3.05) is 33.5 Å². The molecular weight excluding hydrogens is 235 g/mol. The van der Waals surface area contributed by atoms with E-state index in [4.69, 9.17) is 14.2 Å². The Morgan fingerprint density at radius 2 is 2.22 bits per heavy atom. The smallest absolute Gasteiger partial charge is 0.127 e. The summed E-state index contributed by atoms with van der Waals surface area (Å²) in [6.45, 7) is 2.18. The fourth-order valence-corrected chi connectivity index (χ4v) is 3.17. The molecule has 3 atom stereocenters. The highest BCUT2D eigenvalue weighted by Gasteiger charge is 2.55. The lowest BCUT2D eigenvalue weighted by Crippen LogP contribution is -2.37. The van der Waals surface area contributed by atoms with Gasteiger partial charge in [0.2, 0.25) is 0 Å². The minimum Gasteiger partial charge on any atom is -0.382 e. The Labute approximate surface area is 106 Å². The minimum atomic E-state index is -0.339. The van der Waals surface area contributed by atoms with Gasteiger partial charge in [0.15, 0.2) is 0 Å². The maximum absolute atomic E-state index is 14.0. The number of hydrogen-bond donors (Lipinski definition) is 0. The first-order valence-electron chi connectivity index (χ1n) is 6.21. The van der Waals surface area contributed by atoms with Gasteiger partial charge in [-0.25, -0.2) is 4.39 Å². The first kappa shape index (κ1) is 12.1. The van der Waals surface area contributed by atoms with Crippen LogP contribution in [0.25, 0.3) is 0 Å². The predicted molar refractivity (Wildman–Crippen MR) is 64.0 cm³/mol. The third kappa shape index (κ3) is 1.67. The summed E-state index contributed by atoms with van der Waals surface area (Å²) in [5.74, 6) is 0.00372. The SMILES string of the molecule is COC[C@H]1OCC2(c3ccccc3F)COC[C@H]12. The summed E-state index contributed by atoms with van der Waals surface area (Å²) in [5.41, 5.74) is 0.375. The molecule has 0 N–H and O–H groups in total. The summed E-state index contributed by atoms with van der Waals surface area (Å²) >= 11 is 0. The van der Waals surface area contributed by atoms with E-state index in [2.05, 4.69) is 0 Å². The largest absolute Gasteiger partial charge is 0.382 e. The van der Waals surface area contributed by atoms with E-state index in [0.717, 1.165) is 0 Å². The topological polar surface area (TPSA) is 27.7 Å². The quantitative estimate of drug-likeness (QED) is 0.820. The number of methoxy groups -OCH3 is 1. The molecule has 0 saturated carbocycles. The molecule has 2 aliphatic rings. The highest BCUT2D eigenvalue weighted by atomic mass is 19.1. The molecule has 0 radical (unpaired) electrons. The Bertz CT molecular complexity index is 437. The molecule has 0 aromatic heterocycles. The predicted octanol–water partition coefficient (Wildman–Crippen LogP) is 1.76. The van der Waals surface area contributed by atoms with Crippen molar-refractivity contribution >= 4 is 0 Å². The van der Waals surface area contributed by atoms with Crippen LogP contribution in [0.4, 0.5) is 4.39 Å². The van der Waals surface area contributed by atoms with Gasteiger partial charge in [-0.05, 0) is 11.6 Å². The van der Waals surface area contributed by atoms with Crippen LogP contribution in [-0.2, 0) is 19.6 Å². The lowest BCUT2D eigenvalue weighted by atomic mass is 9.73. The molecule has 3 rings (SSSR count). The lowest BCUT2D eigenvalue weighted by molar-refractivity contribution is 0.00124. The van der Waals surface area contributed by atoms with Gasteiger partial charge >= 0.3 is 0 Å². The summed E-state index contributed by atoms with van der Waals surface area (Å²) in [6, 6.07) is 6.92. The van der Waals surface area contributed by atoms with E-state index in [9.17, 15) is 4.39 Å². The Hall–Kier alpha value is -0.970. The van der Waals surface area contributed by atoms with E-state index in [0.29, 0.717) is 32.0 Å². The maximum Gasteiger partial charge on any atom is 0.127 e. The molecule has 3 nitrogen and oxygen atoms in total. The summed E-state index contributed by atoms with van der Waals surface area (Å²) in [6.07, 6.45) is -0.00268. The van der Waals surface area contributed by atoms with Crippen LogP contribution < -0.4 is 0 Å². The molecular formula is C14H17FO3. The standard InChI is InChI=1S/C14H17FO3/c1-16-7-13-11-6-17-8-14(11,9-18-13)10-4-2-3-5-12(10)15/h2-5,11,13H,6-9H2,1H3/t11-,13-,14?/m1/s1. The van der Waals surface area contributed by atoms with Crippen molar-refractivity contribution in [2.24, 2.45) is 5.92 Å². The van der Waals surface area contributed by atoms with Gasteiger partial charge in [0, 0.05) is 13.0 Å². The van der Waals surface area contributed by atoms with Crippen LogP contribution in [0.2, 0.25) is 0 Å². The van der Waals surface area contributed by atoms with Crippen molar-refractivity contribution in [1.82, 2.24) is 0 Å². The fraction of sp³-hybridized carbons (Fsp3) is 0.571. The second-order valence-electron chi connectivity index (χ2n) is 5.06. The number of halogens is 1. The van der Waals surface area contributed by atoms with Crippen molar-refractivity contribution < 1.29 is 18.6 Å². The Balaban J connectivity index is 1.97. The molecule has 2 fully saturated rings. The summed E-state index contributed by atoms with van der Waals surface area (Å²) in [4.78, 5) is 0. The number of hydrogen-bond acceptors (Lipinski definition) is 3. The molecule has 0 spiro atoms. The van der Waals surface area contributed by atoms with Crippen LogP contribution in [-0.4, -0.2) is 39.6 Å². The van der Waals surface area contributed by atoms with Crippen LogP contribution in [0.5, 0.6) is 0 Å². The number of rotatable bonds is 3.